The van der Waals surface area contributed by atoms with Crippen molar-refractivity contribution in [1.29, 1.82) is 0 Å². The highest BCUT2D eigenvalue weighted by Crippen LogP contribution is 2.41. The first-order valence-electron chi connectivity index (χ1n) is 13.3. The molecule has 204 valence electrons. The maximum absolute atomic E-state index is 13.5. The summed E-state index contributed by atoms with van der Waals surface area (Å²) < 4.78 is 18.2. The van der Waals surface area contributed by atoms with Crippen LogP contribution in [0.25, 0.3) is 10.9 Å². The summed E-state index contributed by atoms with van der Waals surface area (Å²) in [4.78, 5) is 45.6. The smallest absolute Gasteiger partial charge is 0.338 e. The van der Waals surface area contributed by atoms with E-state index in [0.29, 0.717) is 41.9 Å². The molecule has 1 unspecified atom stereocenters. The molecule has 2 aliphatic heterocycles. The van der Waals surface area contributed by atoms with Gasteiger partial charge >= 0.3 is 5.97 Å². The van der Waals surface area contributed by atoms with Crippen LogP contribution in [0.4, 0.5) is 0 Å². The molecule has 0 saturated carbocycles. The fourth-order valence-corrected chi connectivity index (χ4v) is 5.71. The van der Waals surface area contributed by atoms with Gasteiger partial charge in [0, 0.05) is 19.5 Å². The quantitative estimate of drug-likeness (QED) is 0.345. The highest BCUT2D eigenvalue weighted by molar-refractivity contribution is 5.95. The third-order valence-corrected chi connectivity index (χ3v) is 7.69. The lowest BCUT2D eigenvalue weighted by molar-refractivity contribution is -0.136. The van der Waals surface area contributed by atoms with E-state index in [4.69, 9.17) is 14.2 Å². The second kappa shape index (κ2) is 10.5. The van der Waals surface area contributed by atoms with E-state index in [0.717, 1.165) is 35.4 Å². The number of hydrogen-bond acceptors (Lipinski definition) is 7. The SMILES string of the molecule is COc1cc2c(cc1OC)C(c1ccccc1)N(C(=O)COC(=O)c1ccc3c(=O)n4c(nc3c1)CCC4)CC2. The summed E-state index contributed by atoms with van der Waals surface area (Å²) in [5.74, 6) is 0.998. The number of methoxy groups -OCH3 is 2. The van der Waals surface area contributed by atoms with Gasteiger partial charge in [-0.05, 0) is 59.9 Å². The number of aromatic nitrogens is 2. The number of benzene rings is 3. The molecule has 0 fully saturated rings. The summed E-state index contributed by atoms with van der Waals surface area (Å²) >= 11 is 0. The molecule has 0 aliphatic carbocycles. The lowest BCUT2D eigenvalue weighted by Crippen LogP contribution is -2.42. The highest BCUT2D eigenvalue weighted by atomic mass is 16.5. The van der Waals surface area contributed by atoms with Crippen molar-refractivity contribution in [3.8, 4) is 11.5 Å². The van der Waals surface area contributed by atoms with Crippen LogP contribution in [0.15, 0.2) is 65.5 Å². The standard InChI is InChI=1S/C31H29N3O6/c1-38-25-16-20-12-14-34(29(19-7-4-3-5-8-19)23(20)17-26(25)39-2)28(35)18-40-31(37)21-10-11-22-24(15-21)32-27-9-6-13-33(27)30(22)36/h3-5,7-8,10-11,15-17,29H,6,9,12-14,18H2,1-2H3. The lowest BCUT2D eigenvalue weighted by Gasteiger charge is -2.38. The molecule has 3 heterocycles. The van der Waals surface area contributed by atoms with Crippen molar-refractivity contribution in [2.45, 2.75) is 31.8 Å². The molecule has 0 radical (unpaired) electrons. The van der Waals surface area contributed by atoms with Crippen molar-refractivity contribution < 1.29 is 23.8 Å². The third kappa shape index (κ3) is 4.47. The number of fused-ring (bicyclic) bond motifs is 3. The minimum atomic E-state index is -0.641. The number of aryl methyl sites for hydroxylation is 1. The molecular weight excluding hydrogens is 510 g/mol. The Labute approximate surface area is 230 Å². The molecule has 1 amide bonds. The van der Waals surface area contributed by atoms with E-state index in [9.17, 15) is 14.4 Å². The van der Waals surface area contributed by atoms with Crippen LogP contribution in [0, 0.1) is 0 Å². The van der Waals surface area contributed by atoms with E-state index in [1.807, 2.05) is 42.5 Å². The van der Waals surface area contributed by atoms with Crippen molar-refractivity contribution in [2.24, 2.45) is 0 Å². The van der Waals surface area contributed by atoms with Crippen LogP contribution in [-0.2, 0) is 28.9 Å². The molecule has 4 aromatic rings. The van der Waals surface area contributed by atoms with Crippen molar-refractivity contribution in [1.82, 2.24) is 14.5 Å². The van der Waals surface area contributed by atoms with Crippen LogP contribution in [0.5, 0.6) is 11.5 Å². The minimum Gasteiger partial charge on any atom is -0.493 e. The Morgan fingerprint density at radius 2 is 1.73 bits per heavy atom. The van der Waals surface area contributed by atoms with E-state index < -0.39 is 12.6 Å². The average molecular weight is 540 g/mol. The molecule has 9 heteroatoms. The van der Waals surface area contributed by atoms with Gasteiger partial charge in [0.25, 0.3) is 11.5 Å². The lowest BCUT2D eigenvalue weighted by atomic mass is 9.87. The van der Waals surface area contributed by atoms with Gasteiger partial charge in [-0.25, -0.2) is 9.78 Å². The molecule has 6 rings (SSSR count). The maximum atomic E-state index is 13.5. The zero-order chi connectivity index (χ0) is 27.8. The van der Waals surface area contributed by atoms with Gasteiger partial charge in [-0.1, -0.05) is 30.3 Å². The Balaban J connectivity index is 1.25. The Morgan fingerprint density at radius 3 is 2.50 bits per heavy atom. The van der Waals surface area contributed by atoms with Gasteiger partial charge in [0.1, 0.15) is 5.82 Å². The van der Waals surface area contributed by atoms with E-state index in [-0.39, 0.29) is 23.1 Å². The number of nitrogens with zero attached hydrogens (tertiary/aromatic N) is 3. The van der Waals surface area contributed by atoms with Crippen molar-refractivity contribution in [3.63, 3.8) is 0 Å². The van der Waals surface area contributed by atoms with Crippen molar-refractivity contribution in [2.75, 3.05) is 27.4 Å². The molecule has 0 saturated heterocycles. The van der Waals surface area contributed by atoms with E-state index in [2.05, 4.69) is 4.98 Å². The number of carbonyl (C=O) groups is 2. The molecule has 0 spiro atoms. The number of hydrogen-bond donors (Lipinski definition) is 0. The predicted molar refractivity (Wildman–Crippen MR) is 148 cm³/mol. The van der Waals surface area contributed by atoms with Crippen LogP contribution in [-0.4, -0.2) is 53.7 Å². The fraction of sp³-hybridized carbons (Fsp3) is 0.290. The second-order valence-corrected chi connectivity index (χ2v) is 9.95. The van der Waals surface area contributed by atoms with Crippen LogP contribution in [0.2, 0.25) is 0 Å². The van der Waals surface area contributed by atoms with Gasteiger partial charge in [-0.2, -0.15) is 0 Å². The van der Waals surface area contributed by atoms with Gasteiger partial charge in [0.2, 0.25) is 0 Å². The summed E-state index contributed by atoms with van der Waals surface area (Å²) in [6, 6.07) is 17.9. The molecule has 3 aromatic carbocycles. The van der Waals surface area contributed by atoms with Crippen LogP contribution >= 0.6 is 0 Å². The van der Waals surface area contributed by atoms with E-state index in [1.165, 1.54) is 0 Å². The summed E-state index contributed by atoms with van der Waals surface area (Å²) in [7, 11) is 3.18. The Hall–Kier alpha value is -4.66. The predicted octanol–water partition coefficient (Wildman–Crippen LogP) is 3.69. The number of ether oxygens (including phenoxy) is 3. The van der Waals surface area contributed by atoms with Crippen LogP contribution in [0.1, 0.15) is 45.3 Å². The first kappa shape index (κ1) is 25.6. The number of carbonyl (C=O) groups excluding carboxylic acids is 2. The molecule has 2 aliphatic rings. The zero-order valence-corrected chi connectivity index (χ0v) is 22.4. The van der Waals surface area contributed by atoms with Gasteiger partial charge in [-0.3, -0.25) is 14.2 Å². The Morgan fingerprint density at radius 1 is 0.950 bits per heavy atom. The minimum absolute atomic E-state index is 0.0980. The van der Waals surface area contributed by atoms with Crippen LogP contribution < -0.4 is 15.0 Å². The first-order chi connectivity index (χ1) is 19.5. The first-order valence-corrected chi connectivity index (χ1v) is 13.3. The van der Waals surface area contributed by atoms with Gasteiger partial charge < -0.3 is 19.1 Å². The summed E-state index contributed by atoms with van der Waals surface area (Å²) in [5.41, 5.74) is 3.55. The highest BCUT2D eigenvalue weighted by Gasteiger charge is 2.34. The largest absolute Gasteiger partial charge is 0.493 e. The molecule has 1 atom stereocenters. The molecule has 0 bridgehead atoms. The van der Waals surface area contributed by atoms with Gasteiger partial charge in [0.15, 0.2) is 18.1 Å². The van der Waals surface area contributed by atoms with Gasteiger partial charge in [0.05, 0.1) is 36.7 Å². The molecule has 40 heavy (non-hydrogen) atoms. The topological polar surface area (TPSA) is 100.0 Å². The summed E-state index contributed by atoms with van der Waals surface area (Å²) in [6.07, 6.45) is 2.23. The van der Waals surface area contributed by atoms with Crippen molar-refractivity contribution >= 4 is 22.8 Å². The molecule has 9 nitrogen and oxygen atoms in total. The average Bonchev–Trinajstić information content (AvgIpc) is 3.47. The summed E-state index contributed by atoms with van der Waals surface area (Å²) in [5, 5.41) is 0.461. The van der Waals surface area contributed by atoms with E-state index >= 15 is 0 Å². The fourth-order valence-electron chi connectivity index (χ4n) is 5.71. The maximum Gasteiger partial charge on any atom is 0.338 e. The molecule has 0 N–H and O–H groups in total. The van der Waals surface area contributed by atoms with Gasteiger partial charge in [-0.15, -0.1) is 0 Å². The Kier molecular flexibility index (Phi) is 6.71. The molecular formula is C31H29N3O6. The van der Waals surface area contributed by atoms with E-state index in [1.54, 1.807) is 41.9 Å². The zero-order valence-electron chi connectivity index (χ0n) is 22.4. The van der Waals surface area contributed by atoms with Crippen LogP contribution in [0.3, 0.4) is 0 Å². The number of amides is 1. The normalized spacial score (nSPS) is 15.8. The Bertz CT molecular complexity index is 1680. The summed E-state index contributed by atoms with van der Waals surface area (Å²) in [6.45, 7) is 0.699. The van der Waals surface area contributed by atoms with Crippen molar-refractivity contribution in [3.05, 3.63) is 99.1 Å². The second-order valence-electron chi connectivity index (χ2n) is 9.95. The monoisotopic (exact) mass is 539 g/mol. The number of esters is 1. The number of rotatable bonds is 6. The third-order valence-electron chi connectivity index (χ3n) is 7.69. The molecule has 1 aromatic heterocycles.